The van der Waals surface area contributed by atoms with Gasteiger partial charge >= 0.3 is 0 Å². The van der Waals surface area contributed by atoms with Crippen LogP contribution in [-0.2, 0) is 6.54 Å². The van der Waals surface area contributed by atoms with Gasteiger partial charge in [0.2, 0.25) is 0 Å². The van der Waals surface area contributed by atoms with E-state index in [4.69, 9.17) is 0 Å². The molecule has 0 spiro atoms. The second kappa shape index (κ2) is 8.18. The molecular weight excluding hydrogens is 352 g/mol. The zero-order valence-corrected chi connectivity index (χ0v) is 14.1. The number of hydrogen-bond donors (Lipinski definition) is 2. The molecule has 0 fully saturated rings. The highest BCUT2D eigenvalue weighted by Crippen LogP contribution is 2.14. The Kier molecular flexibility index (Phi) is 5.51. The molecule has 2 aromatic carbocycles. The van der Waals surface area contributed by atoms with E-state index < -0.39 is 17.6 Å². The van der Waals surface area contributed by atoms with Crippen LogP contribution in [0.2, 0.25) is 0 Å². The summed E-state index contributed by atoms with van der Waals surface area (Å²) >= 11 is 0. The molecule has 2 N–H and O–H groups in total. The molecule has 5 nitrogen and oxygen atoms in total. The number of benzene rings is 2. The molecule has 0 radical (unpaired) electrons. The van der Waals surface area contributed by atoms with Crippen molar-refractivity contribution in [2.45, 2.75) is 6.54 Å². The number of amides is 2. The Bertz CT molecular complexity index is 975. The van der Waals surface area contributed by atoms with Crippen LogP contribution in [0.1, 0.15) is 26.3 Å². The molecule has 1 aromatic heterocycles. The quantitative estimate of drug-likeness (QED) is 0.725. The average molecular weight is 367 g/mol. The van der Waals surface area contributed by atoms with Crippen molar-refractivity contribution in [1.29, 1.82) is 0 Å². The van der Waals surface area contributed by atoms with Crippen LogP contribution in [0.5, 0.6) is 0 Å². The van der Waals surface area contributed by atoms with Gasteiger partial charge in [-0.1, -0.05) is 24.3 Å². The van der Waals surface area contributed by atoms with E-state index in [0.29, 0.717) is 0 Å². The van der Waals surface area contributed by atoms with Crippen molar-refractivity contribution in [3.63, 3.8) is 0 Å². The van der Waals surface area contributed by atoms with Gasteiger partial charge in [-0.2, -0.15) is 0 Å². The van der Waals surface area contributed by atoms with Gasteiger partial charge in [0.15, 0.2) is 0 Å². The molecule has 1 heterocycles. The first-order valence-corrected chi connectivity index (χ1v) is 8.06. The number of nitrogens with one attached hydrogen (secondary N) is 2. The zero-order valence-electron chi connectivity index (χ0n) is 14.1. The van der Waals surface area contributed by atoms with Crippen LogP contribution in [0.3, 0.4) is 0 Å². The van der Waals surface area contributed by atoms with Gasteiger partial charge in [0.25, 0.3) is 11.8 Å². The smallest absolute Gasteiger partial charge is 0.257 e. The summed E-state index contributed by atoms with van der Waals surface area (Å²) in [7, 11) is 0. The Morgan fingerprint density at radius 3 is 2.26 bits per heavy atom. The Hall–Kier alpha value is -3.61. The zero-order chi connectivity index (χ0) is 19.2. The van der Waals surface area contributed by atoms with E-state index in [1.807, 2.05) is 0 Å². The largest absolute Gasteiger partial charge is 0.348 e. The number of aromatic nitrogens is 1. The predicted octanol–water partition coefficient (Wildman–Crippen LogP) is 3.54. The molecule has 7 heteroatoms. The Balaban J connectivity index is 1.67. The van der Waals surface area contributed by atoms with Gasteiger partial charge in [-0.15, -0.1) is 0 Å². The molecular formula is C20H15F2N3O2. The normalized spacial score (nSPS) is 10.3. The number of halogens is 2. The third kappa shape index (κ3) is 4.72. The molecule has 0 bridgehead atoms. The van der Waals surface area contributed by atoms with E-state index in [2.05, 4.69) is 15.6 Å². The first-order valence-electron chi connectivity index (χ1n) is 8.06. The first kappa shape index (κ1) is 18.2. The van der Waals surface area contributed by atoms with Gasteiger partial charge in [0.1, 0.15) is 11.6 Å². The van der Waals surface area contributed by atoms with E-state index in [9.17, 15) is 18.4 Å². The molecule has 136 valence electrons. The highest BCUT2D eigenvalue weighted by Gasteiger charge is 2.13. The summed E-state index contributed by atoms with van der Waals surface area (Å²) in [5.74, 6) is -1.94. The average Bonchev–Trinajstić information content (AvgIpc) is 2.69. The minimum atomic E-state index is -0.583. The molecule has 2 amide bonds. The number of anilines is 1. The van der Waals surface area contributed by atoms with Gasteiger partial charge in [-0.05, 0) is 35.9 Å². The van der Waals surface area contributed by atoms with Crippen molar-refractivity contribution >= 4 is 17.5 Å². The van der Waals surface area contributed by atoms with Crippen LogP contribution < -0.4 is 10.6 Å². The second-order valence-corrected chi connectivity index (χ2v) is 5.71. The summed E-state index contributed by atoms with van der Waals surface area (Å²) in [6.07, 6.45) is 2.60. The lowest BCUT2D eigenvalue weighted by Gasteiger charge is -2.08. The fraction of sp³-hybridized carbons (Fsp3) is 0.0500. The van der Waals surface area contributed by atoms with Crippen molar-refractivity contribution in [3.05, 3.63) is 95.3 Å². The third-order valence-corrected chi connectivity index (χ3v) is 3.75. The summed E-state index contributed by atoms with van der Waals surface area (Å²) in [5, 5.41) is 5.10. The maximum absolute atomic E-state index is 13.6. The summed E-state index contributed by atoms with van der Waals surface area (Å²) in [6.45, 7) is 0.199. The molecule has 0 aliphatic heterocycles. The summed E-state index contributed by atoms with van der Waals surface area (Å²) < 4.78 is 26.5. The van der Waals surface area contributed by atoms with Crippen molar-refractivity contribution in [2.24, 2.45) is 0 Å². The van der Waals surface area contributed by atoms with Crippen LogP contribution in [0.4, 0.5) is 14.5 Å². The molecule has 0 unspecified atom stereocenters. The molecule has 0 aliphatic rings. The molecule has 0 saturated heterocycles. The Morgan fingerprint density at radius 1 is 0.889 bits per heavy atom. The van der Waals surface area contributed by atoms with Gasteiger partial charge in [0, 0.05) is 18.9 Å². The molecule has 0 aliphatic carbocycles. The van der Waals surface area contributed by atoms with Gasteiger partial charge < -0.3 is 10.6 Å². The number of pyridine rings is 1. The molecule has 27 heavy (non-hydrogen) atoms. The van der Waals surface area contributed by atoms with Crippen molar-refractivity contribution in [1.82, 2.24) is 10.3 Å². The van der Waals surface area contributed by atoms with E-state index in [1.54, 1.807) is 18.2 Å². The van der Waals surface area contributed by atoms with E-state index in [0.717, 1.165) is 5.56 Å². The van der Waals surface area contributed by atoms with E-state index in [1.165, 1.54) is 48.8 Å². The molecule has 0 atom stereocenters. The van der Waals surface area contributed by atoms with Crippen molar-refractivity contribution in [3.8, 4) is 0 Å². The van der Waals surface area contributed by atoms with Crippen LogP contribution in [0, 0.1) is 11.6 Å². The Morgan fingerprint density at radius 2 is 1.56 bits per heavy atom. The summed E-state index contributed by atoms with van der Waals surface area (Å²) in [4.78, 5) is 28.4. The number of nitrogens with zero attached hydrogens (tertiary/aromatic N) is 1. The summed E-state index contributed by atoms with van der Waals surface area (Å²) in [5.41, 5.74) is 1.06. The van der Waals surface area contributed by atoms with Crippen LogP contribution >= 0.6 is 0 Å². The number of para-hydroxylation sites is 1. The lowest BCUT2D eigenvalue weighted by Crippen LogP contribution is -2.23. The Labute approximate surface area is 154 Å². The predicted molar refractivity (Wildman–Crippen MR) is 96.2 cm³/mol. The number of carbonyl (C=O) groups excluding carboxylic acids is 2. The molecule has 3 aromatic rings. The highest BCUT2D eigenvalue weighted by molar-refractivity contribution is 6.05. The maximum atomic E-state index is 13.6. The van der Waals surface area contributed by atoms with Gasteiger partial charge in [-0.25, -0.2) is 8.78 Å². The highest BCUT2D eigenvalue weighted by atomic mass is 19.1. The number of rotatable bonds is 5. The monoisotopic (exact) mass is 367 g/mol. The minimum Gasteiger partial charge on any atom is -0.348 e. The lowest BCUT2D eigenvalue weighted by atomic mass is 10.1. The fourth-order valence-corrected chi connectivity index (χ4v) is 2.33. The topological polar surface area (TPSA) is 71.1 Å². The number of carbonyl (C=O) groups is 2. The maximum Gasteiger partial charge on any atom is 0.257 e. The third-order valence-electron chi connectivity index (χ3n) is 3.75. The van der Waals surface area contributed by atoms with Crippen LogP contribution in [-0.4, -0.2) is 16.8 Å². The van der Waals surface area contributed by atoms with Gasteiger partial charge in [0.05, 0.1) is 16.8 Å². The van der Waals surface area contributed by atoms with E-state index in [-0.39, 0.29) is 29.2 Å². The lowest BCUT2D eigenvalue weighted by molar-refractivity contribution is 0.0950. The first-order chi connectivity index (χ1) is 13.0. The van der Waals surface area contributed by atoms with Gasteiger partial charge in [-0.3, -0.25) is 14.6 Å². The molecule has 0 saturated carbocycles. The fourth-order valence-electron chi connectivity index (χ4n) is 2.33. The van der Waals surface area contributed by atoms with Crippen molar-refractivity contribution < 1.29 is 18.4 Å². The van der Waals surface area contributed by atoms with Crippen LogP contribution in [0.25, 0.3) is 0 Å². The SMILES string of the molecule is O=C(NCc1ccc(F)cc1)c1cncc(C(=O)Nc2ccccc2F)c1. The van der Waals surface area contributed by atoms with E-state index >= 15 is 0 Å². The standard InChI is InChI=1S/C20H15F2N3O2/c21-16-7-5-13(6-8-16)10-24-19(26)14-9-15(12-23-11-14)20(27)25-18-4-2-1-3-17(18)22/h1-9,11-12H,10H2,(H,24,26)(H,25,27). The minimum absolute atomic E-state index is 0.0358. The van der Waals surface area contributed by atoms with Crippen molar-refractivity contribution in [2.75, 3.05) is 5.32 Å². The molecule has 3 rings (SSSR count). The van der Waals surface area contributed by atoms with Crippen LogP contribution in [0.15, 0.2) is 67.0 Å². The second-order valence-electron chi connectivity index (χ2n) is 5.71. The summed E-state index contributed by atoms with van der Waals surface area (Å²) in [6, 6.07) is 12.9. The number of hydrogen-bond acceptors (Lipinski definition) is 3.